The van der Waals surface area contributed by atoms with Crippen molar-refractivity contribution in [3.05, 3.63) is 24.3 Å². The molecule has 2 aromatic rings. The number of fused-ring (bicyclic) bond motifs is 1. The van der Waals surface area contributed by atoms with E-state index in [9.17, 15) is 5.11 Å². The molecule has 0 radical (unpaired) electrons. The van der Waals surface area contributed by atoms with E-state index in [0.717, 1.165) is 29.9 Å². The summed E-state index contributed by atoms with van der Waals surface area (Å²) in [5.74, 6) is 0.849. The SMILES string of the molecule is CC(O)CCNc1nc2ccccc2n1C. The van der Waals surface area contributed by atoms with Gasteiger partial charge in [0.2, 0.25) is 5.95 Å². The minimum Gasteiger partial charge on any atom is -0.393 e. The van der Waals surface area contributed by atoms with Crippen LogP contribution in [-0.4, -0.2) is 27.3 Å². The summed E-state index contributed by atoms with van der Waals surface area (Å²) in [5, 5.41) is 12.4. The Morgan fingerprint density at radius 1 is 1.44 bits per heavy atom. The Morgan fingerprint density at radius 2 is 2.19 bits per heavy atom. The lowest BCUT2D eigenvalue weighted by Gasteiger charge is -2.07. The van der Waals surface area contributed by atoms with Crippen molar-refractivity contribution in [2.45, 2.75) is 19.4 Å². The standard InChI is InChI=1S/C12H17N3O/c1-9(16)7-8-13-12-14-10-5-3-4-6-11(10)15(12)2/h3-6,9,16H,7-8H2,1-2H3,(H,13,14). The molecule has 0 aliphatic heterocycles. The molecule has 4 heteroatoms. The van der Waals surface area contributed by atoms with Crippen LogP contribution in [0.15, 0.2) is 24.3 Å². The number of benzene rings is 1. The number of aliphatic hydroxyl groups is 1. The van der Waals surface area contributed by atoms with E-state index < -0.39 is 0 Å². The molecule has 0 saturated heterocycles. The molecule has 1 atom stereocenters. The molecular formula is C12H17N3O. The average molecular weight is 219 g/mol. The molecule has 2 N–H and O–H groups in total. The van der Waals surface area contributed by atoms with E-state index in [1.54, 1.807) is 6.92 Å². The van der Waals surface area contributed by atoms with Crippen LogP contribution >= 0.6 is 0 Å². The highest BCUT2D eigenvalue weighted by molar-refractivity contribution is 5.78. The van der Waals surface area contributed by atoms with Gasteiger partial charge in [-0.05, 0) is 25.5 Å². The second kappa shape index (κ2) is 4.53. The molecule has 0 aliphatic carbocycles. The van der Waals surface area contributed by atoms with Crippen LogP contribution in [0.1, 0.15) is 13.3 Å². The van der Waals surface area contributed by atoms with Crippen molar-refractivity contribution >= 4 is 17.0 Å². The van der Waals surface area contributed by atoms with Gasteiger partial charge in [0.05, 0.1) is 17.1 Å². The number of aliphatic hydroxyl groups excluding tert-OH is 1. The number of para-hydroxylation sites is 2. The van der Waals surface area contributed by atoms with Crippen LogP contribution in [0.4, 0.5) is 5.95 Å². The molecule has 0 saturated carbocycles. The maximum atomic E-state index is 9.17. The monoisotopic (exact) mass is 219 g/mol. The molecule has 0 fully saturated rings. The zero-order chi connectivity index (χ0) is 11.5. The summed E-state index contributed by atoms with van der Waals surface area (Å²) >= 11 is 0. The summed E-state index contributed by atoms with van der Waals surface area (Å²) < 4.78 is 2.03. The Morgan fingerprint density at radius 3 is 2.88 bits per heavy atom. The van der Waals surface area contributed by atoms with Crippen molar-refractivity contribution < 1.29 is 5.11 Å². The number of nitrogens with zero attached hydrogens (tertiary/aromatic N) is 2. The van der Waals surface area contributed by atoms with Crippen molar-refractivity contribution in [1.29, 1.82) is 0 Å². The Kier molecular flexibility index (Phi) is 3.10. The molecule has 16 heavy (non-hydrogen) atoms. The van der Waals surface area contributed by atoms with E-state index in [0.29, 0.717) is 0 Å². The number of hydrogen-bond donors (Lipinski definition) is 2. The van der Waals surface area contributed by atoms with Gasteiger partial charge in [0.1, 0.15) is 0 Å². The van der Waals surface area contributed by atoms with Crippen molar-refractivity contribution in [2.24, 2.45) is 7.05 Å². The highest BCUT2D eigenvalue weighted by Gasteiger charge is 2.06. The molecule has 1 heterocycles. The van der Waals surface area contributed by atoms with E-state index in [1.807, 2.05) is 35.9 Å². The first-order valence-electron chi connectivity index (χ1n) is 5.52. The van der Waals surface area contributed by atoms with Crippen LogP contribution in [0.3, 0.4) is 0 Å². The third-order valence-electron chi connectivity index (χ3n) is 2.63. The Bertz CT molecular complexity index is 476. The highest BCUT2D eigenvalue weighted by atomic mass is 16.3. The fraction of sp³-hybridized carbons (Fsp3) is 0.417. The maximum Gasteiger partial charge on any atom is 0.203 e. The molecular weight excluding hydrogens is 202 g/mol. The minimum absolute atomic E-state index is 0.276. The van der Waals surface area contributed by atoms with Gasteiger partial charge in [-0.3, -0.25) is 0 Å². The van der Waals surface area contributed by atoms with Crippen molar-refractivity contribution in [3.63, 3.8) is 0 Å². The number of nitrogens with one attached hydrogen (secondary N) is 1. The van der Waals surface area contributed by atoms with Gasteiger partial charge in [-0.25, -0.2) is 4.98 Å². The maximum absolute atomic E-state index is 9.17. The number of imidazole rings is 1. The van der Waals surface area contributed by atoms with E-state index in [1.165, 1.54) is 0 Å². The number of hydrogen-bond acceptors (Lipinski definition) is 3. The molecule has 86 valence electrons. The molecule has 1 aromatic heterocycles. The molecule has 2 rings (SSSR count). The summed E-state index contributed by atoms with van der Waals surface area (Å²) in [6.45, 7) is 2.52. The number of aryl methyl sites for hydroxylation is 1. The van der Waals surface area contributed by atoms with Crippen LogP contribution in [0.2, 0.25) is 0 Å². The number of rotatable bonds is 4. The van der Waals surface area contributed by atoms with Crippen LogP contribution < -0.4 is 5.32 Å². The molecule has 1 unspecified atom stereocenters. The number of aromatic nitrogens is 2. The van der Waals surface area contributed by atoms with Crippen molar-refractivity contribution in [1.82, 2.24) is 9.55 Å². The quantitative estimate of drug-likeness (QED) is 0.823. The van der Waals surface area contributed by atoms with Gasteiger partial charge < -0.3 is 15.0 Å². The van der Waals surface area contributed by atoms with Crippen LogP contribution in [-0.2, 0) is 7.05 Å². The topological polar surface area (TPSA) is 50.1 Å². The third-order valence-corrected chi connectivity index (χ3v) is 2.63. The van der Waals surface area contributed by atoms with Gasteiger partial charge in [0.25, 0.3) is 0 Å². The molecule has 0 spiro atoms. The lowest BCUT2D eigenvalue weighted by Crippen LogP contribution is -2.12. The zero-order valence-corrected chi connectivity index (χ0v) is 9.64. The predicted octanol–water partition coefficient (Wildman–Crippen LogP) is 1.76. The van der Waals surface area contributed by atoms with Gasteiger partial charge in [-0.15, -0.1) is 0 Å². The molecule has 0 amide bonds. The van der Waals surface area contributed by atoms with E-state index >= 15 is 0 Å². The van der Waals surface area contributed by atoms with Crippen molar-refractivity contribution in [2.75, 3.05) is 11.9 Å². The van der Waals surface area contributed by atoms with Crippen LogP contribution in [0.25, 0.3) is 11.0 Å². The smallest absolute Gasteiger partial charge is 0.203 e. The fourth-order valence-corrected chi connectivity index (χ4v) is 1.70. The lowest BCUT2D eigenvalue weighted by molar-refractivity contribution is 0.188. The van der Waals surface area contributed by atoms with E-state index in [4.69, 9.17) is 0 Å². The molecule has 1 aromatic carbocycles. The zero-order valence-electron chi connectivity index (χ0n) is 9.64. The normalized spacial score (nSPS) is 12.9. The second-order valence-electron chi connectivity index (χ2n) is 4.05. The van der Waals surface area contributed by atoms with E-state index in [2.05, 4.69) is 10.3 Å². The first-order chi connectivity index (χ1) is 7.68. The van der Waals surface area contributed by atoms with Gasteiger partial charge in [0.15, 0.2) is 0 Å². The van der Waals surface area contributed by atoms with E-state index in [-0.39, 0.29) is 6.10 Å². The summed E-state index contributed by atoms with van der Waals surface area (Å²) in [6, 6.07) is 8.02. The summed E-state index contributed by atoms with van der Waals surface area (Å²) in [6.07, 6.45) is 0.450. The number of anilines is 1. The van der Waals surface area contributed by atoms with Gasteiger partial charge in [0, 0.05) is 13.6 Å². The summed E-state index contributed by atoms with van der Waals surface area (Å²) in [7, 11) is 1.99. The molecule has 4 nitrogen and oxygen atoms in total. The summed E-state index contributed by atoms with van der Waals surface area (Å²) in [4.78, 5) is 4.48. The Hall–Kier alpha value is -1.55. The molecule has 0 aliphatic rings. The van der Waals surface area contributed by atoms with Crippen LogP contribution in [0, 0.1) is 0 Å². The van der Waals surface area contributed by atoms with Crippen LogP contribution in [0.5, 0.6) is 0 Å². The predicted molar refractivity (Wildman–Crippen MR) is 65.5 cm³/mol. The second-order valence-corrected chi connectivity index (χ2v) is 4.05. The Labute approximate surface area is 94.9 Å². The lowest BCUT2D eigenvalue weighted by atomic mass is 10.3. The summed E-state index contributed by atoms with van der Waals surface area (Å²) in [5.41, 5.74) is 2.10. The minimum atomic E-state index is -0.276. The Balaban J connectivity index is 2.15. The van der Waals surface area contributed by atoms with Gasteiger partial charge in [-0.1, -0.05) is 12.1 Å². The van der Waals surface area contributed by atoms with Gasteiger partial charge >= 0.3 is 0 Å². The van der Waals surface area contributed by atoms with Crippen molar-refractivity contribution in [3.8, 4) is 0 Å². The third kappa shape index (κ3) is 2.17. The highest BCUT2D eigenvalue weighted by Crippen LogP contribution is 2.17. The fourth-order valence-electron chi connectivity index (χ4n) is 1.70. The first kappa shape index (κ1) is 11.0. The molecule has 0 bridgehead atoms. The largest absolute Gasteiger partial charge is 0.393 e. The van der Waals surface area contributed by atoms with Gasteiger partial charge in [-0.2, -0.15) is 0 Å². The average Bonchev–Trinajstić information content (AvgIpc) is 2.56. The first-order valence-corrected chi connectivity index (χ1v) is 5.52.